The molecule has 7 heteroatoms. The molecule has 0 heterocycles. The van der Waals surface area contributed by atoms with Gasteiger partial charge < -0.3 is 0 Å². The molecule has 4 nitrogen and oxygen atoms in total. The molecular formula is C12H10CuO4Se2. The van der Waals surface area contributed by atoms with Gasteiger partial charge in [0.05, 0.1) is 0 Å². The van der Waals surface area contributed by atoms with Gasteiger partial charge in [0.25, 0.3) is 0 Å². The van der Waals surface area contributed by atoms with E-state index < -0.39 is 27.5 Å². The molecule has 19 heavy (non-hydrogen) atoms. The maximum absolute atomic E-state index is 10.3. The van der Waals surface area contributed by atoms with Gasteiger partial charge in [0.1, 0.15) is 0 Å². The van der Waals surface area contributed by atoms with Crippen molar-refractivity contribution in [1.29, 1.82) is 0 Å². The third kappa shape index (κ3) is 7.38. The van der Waals surface area contributed by atoms with Crippen LogP contribution in [0.4, 0.5) is 0 Å². The summed E-state index contributed by atoms with van der Waals surface area (Å²) in [7, 11) is 0. The second kappa shape index (κ2) is 10.0. The topological polar surface area (TPSA) is 68.3 Å². The molecule has 0 aliphatic carbocycles. The van der Waals surface area contributed by atoms with Crippen LogP contribution >= 0.6 is 0 Å². The predicted molar refractivity (Wildman–Crippen MR) is 66.4 cm³/mol. The molecule has 0 amide bonds. The molecule has 2 aromatic rings. The Labute approximate surface area is 129 Å². The molecule has 0 aliphatic rings. The smallest absolute Gasteiger partial charge is 0 e. The Morgan fingerprint density at radius 2 is 0.789 bits per heavy atom. The van der Waals surface area contributed by atoms with Crippen molar-refractivity contribution in [3.8, 4) is 0 Å². The van der Waals surface area contributed by atoms with Gasteiger partial charge in [-0.3, -0.25) is 0 Å². The van der Waals surface area contributed by atoms with E-state index in [1.54, 1.807) is 60.7 Å². The zero-order valence-corrected chi connectivity index (χ0v) is 13.9. The Bertz CT molecular complexity index is 549. The van der Waals surface area contributed by atoms with E-state index in [4.69, 9.17) is 0 Å². The molecule has 0 saturated heterocycles. The van der Waals surface area contributed by atoms with Crippen molar-refractivity contribution in [3.63, 3.8) is 0 Å². The van der Waals surface area contributed by atoms with E-state index in [1.807, 2.05) is 0 Å². The second-order valence-corrected chi connectivity index (χ2v) is 7.04. The third-order valence-corrected chi connectivity index (χ3v) is 4.63. The van der Waals surface area contributed by atoms with Gasteiger partial charge in [-0.25, -0.2) is 0 Å². The first-order chi connectivity index (χ1) is 8.61. The van der Waals surface area contributed by atoms with Crippen LogP contribution in [0.25, 0.3) is 0 Å². The monoisotopic (exact) mass is 441 g/mol. The van der Waals surface area contributed by atoms with Crippen LogP contribution in [0.15, 0.2) is 60.7 Å². The second-order valence-electron chi connectivity index (χ2n) is 3.10. The van der Waals surface area contributed by atoms with Crippen molar-refractivity contribution >= 4 is 36.5 Å². The van der Waals surface area contributed by atoms with Gasteiger partial charge in [0.15, 0.2) is 0 Å². The van der Waals surface area contributed by atoms with E-state index in [-0.39, 0.29) is 17.1 Å². The molecule has 0 spiro atoms. The minimum atomic E-state index is -2.91. The van der Waals surface area contributed by atoms with Crippen LogP contribution in [0.2, 0.25) is 0 Å². The van der Waals surface area contributed by atoms with E-state index in [9.17, 15) is 15.3 Å². The quantitative estimate of drug-likeness (QED) is 0.639. The summed E-state index contributed by atoms with van der Waals surface area (Å²) >= 11 is -5.82. The molecule has 0 atom stereocenters. The van der Waals surface area contributed by atoms with Crippen LogP contribution in [-0.2, 0) is 32.4 Å². The zero-order chi connectivity index (χ0) is 13.4. The molecule has 0 fully saturated rings. The van der Waals surface area contributed by atoms with Crippen LogP contribution in [0.5, 0.6) is 0 Å². The zero-order valence-electron chi connectivity index (χ0n) is 9.52. The van der Waals surface area contributed by atoms with Crippen LogP contribution in [0.1, 0.15) is 0 Å². The van der Waals surface area contributed by atoms with Gasteiger partial charge in [-0.1, -0.05) is 0 Å². The Kier molecular flexibility index (Phi) is 9.62. The molecule has 0 unspecified atom stereocenters. The van der Waals surface area contributed by atoms with Gasteiger partial charge in [-0.2, -0.15) is 0 Å². The summed E-state index contributed by atoms with van der Waals surface area (Å²) in [5.74, 6) is 0. The minimum absolute atomic E-state index is 0. The third-order valence-electron chi connectivity index (χ3n) is 1.87. The summed E-state index contributed by atoms with van der Waals surface area (Å²) in [5, 5.41) is 0. The summed E-state index contributed by atoms with van der Waals surface area (Å²) in [6.45, 7) is 0. The Hall–Kier alpha value is -0.802. The van der Waals surface area contributed by atoms with Gasteiger partial charge in [-0.05, 0) is 0 Å². The first kappa shape index (κ1) is 18.2. The molecule has 3 radical (unpaired) electrons. The van der Waals surface area contributed by atoms with Gasteiger partial charge in [0, 0.05) is 17.1 Å². The molecule has 2 rings (SSSR count). The van der Waals surface area contributed by atoms with E-state index in [2.05, 4.69) is 0 Å². The number of hydrogen-bond donors (Lipinski definition) is 0. The largest absolute Gasteiger partial charge is 0 e. The normalized spacial score (nSPS) is 8.42. The number of hydrogen-bond acceptors (Lipinski definition) is 4. The van der Waals surface area contributed by atoms with E-state index in [1.165, 1.54) is 0 Å². The molecule has 2 aromatic carbocycles. The summed E-state index contributed by atoms with van der Waals surface area (Å²) in [6.07, 6.45) is 0. The maximum atomic E-state index is 10.3. The van der Waals surface area contributed by atoms with Crippen LogP contribution in [0, 0.1) is 0 Å². The first-order valence-corrected chi connectivity index (χ1v) is 9.41. The Balaban J connectivity index is 0.000000324. The molecule has 0 saturated carbocycles. The fourth-order valence-corrected chi connectivity index (χ4v) is 2.66. The average Bonchev–Trinajstić information content (AvgIpc) is 2.41. The van der Waals surface area contributed by atoms with Crippen molar-refractivity contribution in [1.82, 2.24) is 0 Å². The van der Waals surface area contributed by atoms with Gasteiger partial charge in [-0.15, -0.1) is 0 Å². The standard InChI is InChI=1S/2C6H5O2Se.Cu/c2*7-9(8)6-4-2-1-3-5-6;/h2*1-5H;. The average molecular weight is 440 g/mol. The Morgan fingerprint density at radius 3 is 0.947 bits per heavy atom. The van der Waals surface area contributed by atoms with Crippen molar-refractivity contribution in [2.45, 2.75) is 0 Å². The SMILES string of the molecule is O=[Se](=O)c1ccccc1.O=[Se](=O)c1ccccc1.[Cu]. The molecule has 0 aromatic heterocycles. The number of benzene rings is 2. The molecule has 0 aliphatic heterocycles. The number of rotatable bonds is 2. The van der Waals surface area contributed by atoms with Crippen molar-refractivity contribution in [2.24, 2.45) is 0 Å². The van der Waals surface area contributed by atoms with Crippen LogP contribution in [0.3, 0.4) is 0 Å². The summed E-state index contributed by atoms with van der Waals surface area (Å²) < 4.78 is 42.0. The fourth-order valence-electron chi connectivity index (χ4n) is 1.06. The van der Waals surface area contributed by atoms with Crippen molar-refractivity contribution < 1.29 is 32.4 Å². The first-order valence-electron chi connectivity index (χ1n) is 4.90. The van der Waals surface area contributed by atoms with E-state index >= 15 is 0 Å². The van der Waals surface area contributed by atoms with E-state index in [0.717, 1.165) is 0 Å². The van der Waals surface area contributed by atoms with E-state index in [0.29, 0.717) is 8.92 Å². The van der Waals surface area contributed by atoms with Crippen LogP contribution < -0.4 is 8.92 Å². The summed E-state index contributed by atoms with van der Waals surface area (Å²) in [6, 6.07) is 16.8. The van der Waals surface area contributed by atoms with Gasteiger partial charge in [0.2, 0.25) is 0 Å². The van der Waals surface area contributed by atoms with Gasteiger partial charge >= 0.3 is 112 Å². The molecular weight excluding hydrogens is 430 g/mol. The fraction of sp³-hybridized carbons (Fsp3) is 0. The van der Waals surface area contributed by atoms with Crippen molar-refractivity contribution in [2.75, 3.05) is 0 Å². The Morgan fingerprint density at radius 1 is 0.526 bits per heavy atom. The summed E-state index contributed by atoms with van der Waals surface area (Å²) in [5.41, 5.74) is 0. The maximum Gasteiger partial charge on any atom is 0 e. The predicted octanol–water partition coefficient (Wildman–Crippen LogP) is 0.483. The molecule has 0 bridgehead atoms. The van der Waals surface area contributed by atoms with Crippen LogP contribution in [-0.4, -0.2) is 27.5 Å². The minimum Gasteiger partial charge on any atom is 0 e. The molecule has 105 valence electrons. The van der Waals surface area contributed by atoms with Crippen molar-refractivity contribution in [3.05, 3.63) is 60.7 Å². The molecule has 0 N–H and O–H groups in total. The summed E-state index contributed by atoms with van der Waals surface area (Å²) in [4.78, 5) is 0.